The highest BCUT2D eigenvalue weighted by molar-refractivity contribution is 5.53. The summed E-state index contributed by atoms with van der Waals surface area (Å²) >= 11 is 0. The van der Waals surface area contributed by atoms with Crippen LogP contribution in [0, 0.1) is 5.92 Å². The molecule has 1 aliphatic carbocycles. The van der Waals surface area contributed by atoms with Crippen molar-refractivity contribution in [2.75, 3.05) is 20.8 Å². The minimum Gasteiger partial charge on any atom is -0.504 e. The van der Waals surface area contributed by atoms with E-state index in [0.717, 1.165) is 36.8 Å². The standard InChI is InChI=1S/C28H38O8/c1-33-24-13-17(8-10-22(24)30)7-9-20-16-23(31)21(11-12-29)28(36-20)18-14-25(34-2)27(32)26(15-18)35-19-5-3-4-6-19/h8,10,13-15,19-21,23,28-32H,3-7,9,11-12,16H2,1-2H3. The van der Waals surface area contributed by atoms with E-state index in [1.54, 1.807) is 24.3 Å². The topological polar surface area (TPSA) is 118 Å². The predicted octanol–water partition coefficient (Wildman–Crippen LogP) is 4.26. The fourth-order valence-electron chi connectivity index (χ4n) is 5.42. The Kier molecular flexibility index (Phi) is 8.82. The Hall–Kier alpha value is -2.68. The number of methoxy groups -OCH3 is 2. The molecule has 2 fully saturated rings. The molecule has 4 N–H and O–H groups in total. The third kappa shape index (κ3) is 5.99. The molecule has 2 aromatic carbocycles. The summed E-state index contributed by atoms with van der Waals surface area (Å²) in [7, 11) is 3.01. The van der Waals surface area contributed by atoms with Crippen molar-refractivity contribution in [2.45, 2.75) is 75.8 Å². The lowest BCUT2D eigenvalue weighted by Crippen LogP contribution is -2.40. The Morgan fingerprint density at radius 1 is 0.944 bits per heavy atom. The van der Waals surface area contributed by atoms with Crippen molar-refractivity contribution >= 4 is 0 Å². The van der Waals surface area contributed by atoms with Crippen LogP contribution in [0.4, 0.5) is 0 Å². The van der Waals surface area contributed by atoms with E-state index in [0.29, 0.717) is 42.9 Å². The van der Waals surface area contributed by atoms with Crippen molar-refractivity contribution in [2.24, 2.45) is 5.92 Å². The van der Waals surface area contributed by atoms with Crippen molar-refractivity contribution in [3.8, 4) is 28.7 Å². The molecule has 0 spiro atoms. The third-order valence-corrected chi connectivity index (χ3v) is 7.39. The van der Waals surface area contributed by atoms with Gasteiger partial charge < -0.3 is 39.4 Å². The smallest absolute Gasteiger partial charge is 0.200 e. The Balaban J connectivity index is 1.56. The molecule has 0 radical (unpaired) electrons. The Morgan fingerprint density at radius 3 is 2.36 bits per heavy atom. The molecule has 8 nitrogen and oxygen atoms in total. The van der Waals surface area contributed by atoms with E-state index in [1.807, 2.05) is 6.07 Å². The van der Waals surface area contributed by atoms with Crippen LogP contribution in [0.2, 0.25) is 0 Å². The number of aryl methyl sites for hydroxylation is 1. The maximum Gasteiger partial charge on any atom is 0.200 e. The fourth-order valence-corrected chi connectivity index (χ4v) is 5.42. The predicted molar refractivity (Wildman–Crippen MR) is 134 cm³/mol. The van der Waals surface area contributed by atoms with Crippen LogP contribution in [0.25, 0.3) is 0 Å². The first-order valence-electron chi connectivity index (χ1n) is 12.8. The lowest BCUT2D eigenvalue weighted by molar-refractivity contribution is -0.144. The van der Waals surface area contributed by atoms with Crippen molar-refractivity contribution in [1.29, 1.82) is 0 Å². The van der Waals surface area contributed by atoms with Crippen molar-refractivity contribution in [3.05, 3.63) is 41.5 Å². The van der Waals surface area contributed by atoms with Gasteiger partial charge in [0.25, 0.3) is 0 Å². The molecule has 4 atom stereocenters. The number of aliphatic hydroxyl groups excluding tert-OH is 2. The van der Waals surface area contributed by atoms with Crippen LogP contribution in [0.5, 0.6) is 28.7 Å². The largest absolute Gasteiger partial charge is 0.504 e. The number of aliphatic hydroxyl groups is 2. The molecule has 36 heavy (non-hydrogen) atoms. The monoisotopic (exact) mass is 502 g/mol. The molecule has 4 unspecified atom stereocenters. The zero-order valence-electron chi connectivity index (χ0n) is 21.1. The fraction of sp³-hybridized carbons (Fsp3) is 0.571. The summed E-state index contributed by atoms with van der Waals surface area (Å²) < 4.78 is 23.3. The highest BCUT2D eigenvalue weighted by atomic mass is 16.5. The van der Waals surface area contributed by atoms with Crippen LogP contribution in [0.1, 0.15) is 62.2 Å². The van der Waals surface area contributed by atoms with E-state index in [1.165, 1.54) is 14.2 Å². The highest BCUT2D eigenvalue weighted by Crippen LogP contribution is 2.46. The number of aromatic hydroxyl groups is 2. The van der Waals surface area contributed by atoms with E-state index in [-0.39, 0.29) is 36.2 Å². The number of benzene rings is 2. The molecule has 4 rings (SSSR count). The van der Waals surface area contributed by atoms with Crippen molar-refractivity contribution in [3.63, 3.8) is 0 Å². The molecule has 1 heterocycles. The molecule has 0 amide bonds. The Morgan fingerprint density at radius 2 is 1.67 bits per heavy atom. The van der Waals surface area contributed by atoms with Crippen molar-refractivity contribution in [1.82, 2.24) is 0 Å². The normalized spacial score (nSPS) is 24.6. The number of phenolic OH excluding ortho intramolecular Hbond substituents is 2. The van der Waals surface area contributed by atoms with Crippen LogP contribution >= 0.6 is 0 Å². The minimum absolute atomic E-state index is 0.0407. The maximum absolute atomic E-state index is 11.0. The van der Waals surface area contributed by atoms with Crippen LogP contribution in [-0.2, 0) is 11.2 Å². The molecule has 1 aliphatic heterocycles. The molecule has 8 heteroatoms. The second kappa shape index (κ2) is 12.0. The van der Waals surface area contributed by atoms with E-state index in [9.17, 15) is 20.4 Å². The van der Waals surface area contributed by atoms with Crippen LogP contribution < -0.4 is 14.2 Å². The second-order valence-corrected chi connectivity index (χ2v) is 9.80. The molecular formula is C28H38O8. The molecule has 0 aromatic heterocycles. The van der Waals surface area contributed by atoms with Crippen molar-refractivity contribution < 1.29 is 39.4 Å². The zero-order chi connectivity index (χ0) is 25.7. The SMILES string of the molecule is COc1cc(CCC2CC(O)C(CCO)C(c3cc(OC)c(O)c(OC4CCCC4)c3)O2)ccc1O. The van der Waals surface area contributed by atoms with Gasteiger partial charge in [-0.3, -0.25) is 0 Å². The van der Waals surface area contributed by atoms with Gasteiger partial charge in [-0.1, -0.05) is 6.07 Å². The van der Waals surface area contributed by atoms with Gasteiger partial charge in [-0.05, 0) is 86.8 Å². The van der Waals surface area contributed by atoms with E-state index in [4.69, 9.17) is 18.9 Å². The lowest BCUT2D eigenvalue weighted by Gasteiger charge is -2.40. The number of hydrogen-bond donors (Lipinski definition) is 4. The molecule has 198 valence electrons. The van der Waals surface area contributed by atoms with E-state index >= 15 is 0 Å². The van der Waals surface area contributed by atoms with Gasteiger partial charge in [0, 0.05) is 12.5 Å². The van der Waals surface area contributed by atoms with Crippen LogP contribution in [0.3, 0.4) is 0 Å². The summed E-state index contributed by atoms with van der Waals surface area (Å²) in [6, 6.07) is 8.77. The average molecular weight is 503 g/mol. The highest BCUT2D eigenvalue weighted by Gasteiger charge is 2.39. The number of ether oxygens (including phenoxy) is 4. The summed E-state index contributed by atoms with van der Waals surface area (Å²) in [4.78, 5) is 0. The van der Waals surface area contributed by atoms with Gasteiger partial charge in [-0.15, -0.1) is 0 Å². The first-order valence-corrected chi connectivity index (χ1v) is 12.8. The van der Waals surface area contributed by atoms with E-state index in [2.05, 4.69) is 0 Å². The lowest BCUT2D eigenvalue weighted by atomic mass is 9.82. The summed E-state index contributed by atoms with van der Waals surface area (Å²) in [5, 5.41) is 41.3. The summed E-state index contributed by atoms with van der Waals surface area (Å²) in [5.74, 6) is 0.808. The van der Waals surface area contributed by atoms with E-state index < -0.39 is 12.2 Å². The Bertz CT molecular complexity index is 1000. The second-order valence-electron chi connectivity index (χ2n) is 9.80. The zero-order valence-corrected chi connectivity index (χ0v) is 21.1. The maximum atomic E-state index is 11.0. The minimum atomic E-state index is -0.658. The third-order valence-electron chi connectivity index (χ3n) is 7.39. The summed E-state index contributed by atoms with van der Waals surface area (Å²) in [5.41, 5.74) is 1.74. The van der Waals surface area contributed by atoms with Gasteiger partial charge in [-0.2, -0.15) is 0 Å². The molecular weight excluding hydrogens is 464 g/mol. The first kappa shape index (κ1) is 26.4. The quantitative estimate of drug-likeness (QED) is 0.381. The summed E-state index contributed by atoms with van der Waals surface area (Å²) in [6.07, 6.45) is 4.96. The van der Waals surface area contributed by atoms with Gasteiger partial charge in [0.05, 0.1) is 38.6 Å². The molecule has 0 bridgehead atoms. The molecule has 2 aliphatic rings. The molecule has 1 saturated heterocycles. The molecule has 2 aromatic rings. The van der Waals surface area contributed by atoms with Gasteiger partial charge in [0.2, 0.25) is 5.75 Å². The average Bonchev–Trinajstić information content (AvgIpc) is 3.39. The number of phenols is 2. The Labute approximate surface area is 212 Å². The van der Waals surface area contributed by atoms with Gasteiger partial charge in [0.1, 0.15) is 0 Å². The summed E-state index contributed by atoms with van der Waals surface area (Å²) in [6.45, 7) is -0.0692. The van der Waals surface area contributed by atoms with Gasteiger partial charge >= 0.3 is 0 Å². The first-order chi connectivity index (χ1) is 17.4. The number of hydrogen-bond acceptors (Lipinski definition) is 8. The van der Waals surface area contributed by atoms with Crippen LogP contribution in [0.15, 0.2) is 30.3 Å². The van der Waals surface area contributed by atoms with Crippen LogP contribution in [-0.4, -0.2) is 59.6 Å². The number of rotatable bonds is 10. The molecule has 1 saturated carbocycles. The van der Waals surface area contributed by atoms with Gasteiger partial charge in [-0.25, -0.2) is 0 Å². The van der Waals surface area contributed by atoms with Gasteiger partial charge in [0.15, 0.2) is 23.0 Å².